The van der Waals surface area contributed by atoms with Gasteiger partial charge in [0, 0.05) is 28.5 Å². The van der Waals surface area contributed by atoms with Gasteiger partial charge in [-0.05, 0) is 37.5 Å². The summed E-state index contributed by atoms with van der Waals surface area (Å²) in [7, 11) is 0. The van der Waals surface area contributed by atoms with Crippen molar-refractivity contribution in [2.24, 2.45) is 5.73 Å². The molecule has 0 bridgehead atoms. The van der Waals surface area contributed by atoms with Crippen LogP contribution in [0.15, 0.2) is 30.6 Å². The maximum Gasteiger partial charge on any atom is 0.269 e. The number of nitrogens with one attached hydrogen (secondary N) is 1. The van der Waals surface area contributed by atoms with Crippen LogP contribution in [-0.2, 0) is 6.42 Å². The second-order valence-corrected chi connectivity index (χ2v) is 8.44. The Morgan fingerprint density at radius 1 is 1.41 bits per heavy atom. The molecule has 3 N–H and O–H groups in total. The number of aryl methyl sites for hydroxylation is 1. The Hall–Kier alpha value is -2.39. The van der Waals surface area contributed by atoms with Crippen molar-refractivity contribution in [3.8, 4) is 11.1 Å². The molecule has 0 aromatic carbocycles. The van der Waals surface area contributed by atoms with E-state index in [1.54, 1.807) is 18.3 Å². The maximum atomic E-state index is 14.2. The van der Waals surface area contributed by atoms with Crippen LogP contribution in [0.4, 0.5) is 13.2 Å². The number of nitrogens with two attached hydrogens (primary N) is 1. The third kappa shape index (κ3) is 3.64. The molecule has 1 aliphatic rings. The number of halogens is 3. The number of amides is 1. The Kier molecular flexibility index (Phi) is 5.12. The van der Waals surface area contributed by atoms with Gasteiger partial charge in [-0.3, -0.25) is 4.79 Å². The molecule has 0 spiro atoms. The number of fused-ring (bicyclic) bond motifs is 1. The second kappa shape index (κ2) is 7.46. The van der Waals surface area contributed by atoms with E-state index in [0.29, 0.717) is 29.7 Å². The Morgan fingerprint density at radius 2 is 2.21 bits per heavy atom. The first-order valence-electron chi connectivity index (χ1n) is 9.50. The Labute approximate surface area is 169 Å². The molecule has 4 rings (SSSR count). The standard InChI is InChI=1S/C20H21F3N4OS/c1-2-16-12(13-9-25-27-10-11(21)5-6-15(13)27)8-17(29-16)19(28)26-18-14(24)4-3-7-20(18,22)23/h5-6,8-10,14,18H,2-4,7,24H2,1H3,(H,26,28). The minimum Gasteiger partial charge on any atom is -0.341 e. The van der Waals surface area contributed by atoms with Gasteiger partial charge in [-0.25, -0.2) is 17.7 Å². The van der Waals surface area contributed by atoms with Gasteiger partial charge in [0.1, 0.15) is 11.9 Å². The van der Waals surface area contributed by atoms with Gasteiger partial charge in [0.05, 0.1) is 22.8 Å². The van der Waals surface area contributed by atoms with Crippen LogP contribution in [0, 0.1) is 5.82 Å². The second-order valence-electron chi connectivity index (χ2n) is 7.30. The van der Waals surface area contributed by atoms with Crippen LogP contribution in [-0.4, -0.2) is 33.5 Å². The molecule has 1 aliphatic carbocycles. The average Bonchev–Trinajstić information content (AvgIpc) is 3.27. The van der Waals surface area contributed by atoms with Crippen molar-refractivity contribution in [1.82, 2.24) is 14.9 Å². The number of carbonyl (C=O) groups excluding carboxylic acids is 1. The van der Waals surface area contributed by atoms with Crippen molar-refractivity contribution in [3.63, 3.8) is 0 Å². The Morgan fingerprint density at radius 3 is 2.93 bits per heavy atom. The summed E-state index contributed by atoms with van der Waals surface area (Å²) in [5, 5.41) is 6.63. The smallest absolute Gasteiger partial charge is 0.269 e. The molecule has 0 aliphatic heterocycles. The van der Waals surface area contributed by atoms with Crippen LogP contribution in [0.5, 0.6) is 0 Å². The van der Waals surface area contributed by atoms with Gasteiger partial charge in [-0.2, -0.15) is 5.10 Å². The molecule has 1 amide bonds. The predicted molar refractivity (Wildman–Crippen MR) is 106 cm³/mol. The van der Waals surface area contributed by atoms with E-state index < -0.39 is 29.7 Å². The van der Waals surface area contributed by atoms with E-state index in [1.165, 1.54) is 28.1 Å². The molecule has 3 aromatic rings. The summed E-state index contributed by atoms with van der Waals surface area (Å²) in [6, 6.07) is 2.50. The fourth-order valence-electron chi connectivity index (χ4n) is 3.83. The summed E-state index contributed by atoms with van der Waals surface area (Å²) >= 11 is 1.26. The average molecular weight is 422 g/mol. The van der Waals surface area contributed by atoms with Gasteiger partial charge in [0.25, 0.3) is 11.8 Å². The lowest BCUT2D eigenvalue weighted by molar-refractivity contribution is -0.0674. The molecular weight excluding hydrogens is 401 g/mol. The van der Waals surface area contributed by atoms with Crippen molar-refractivity contribution in [2.45, 2.75) is 50.6 Å². The largest absolute Gasteiger partial charge is 0.341 e. The summed E-state index contributed by atoms with van der Waals surface area (Å²) in [5.41, 5.74) is 8.12. The molecule has 2 atom stereocenters. The summed E-state index contributed by atoms with van der Waals surface area (Å²) < 4.78 is 43.4. The van der Waals surface area contributed by atoms with Crippen molar-refractivity contribution >= 4 is 22.8 Å². The summed E-state index contributed by atoms with van der Waals surface area (Å²) in [6.45, 7) is 1.95. The van der Waals surface area contributed by atoms with Crippen molar-refractivity contribution in [2.75, 3.05) is 0 Å². The van der Waals surface area contributed by atoms with Gasteiger partial charge >= 0.3 is 0 Å². The molecule has 29 heavy (non-hydrogen) atoms. The SMILES string of the molecule is CCc1sc(C(=O)NC2C(N)CCCC2(F)F)cc1-c1cnn2cc(F)ccc12. The number of rotatable bonds is 4. The number of thiophene rings is 1. The summed E-state index contributed by atoms with van der Waals surface area (Å²) in [4.78, 5) is 14.0. The monoisotopic (exact) mass is 422 g/mol. The highest BCUT2D eigenvalue weighted by molar-refractivity contribution is 7.14. The zero-order valence-electron chi connectivity index (χ0n) is 15.8. The highest BCUT2D eigenvalue weighted by atomic mass is 32.1. The molecule has 3 aromatic heterocycles. The zero-order valence-corrected chi connectivity index (χ0v) is 16.6. The van der Waals surface area contributed by atoms with Crippen LogP contribution in [0.25, 0.3) is 16.6 Å². The molecule has 2 unspecified atom stereocenters. The van der Waals surface area contributed by atoms with Crippen molar-refractivity contribution < 1.29 is 18.0 Å². The summed E-state index contributed by atoms with van der Waals surface area (Å²) in [5.74, 6) is -3.98. The number of carbonyl (C=O) groups is 1. The number of hydrogen-bond acceptors (Lipinski definition) is 4. The highest BCUT2D eigenvalue weighted by Gasteiger charge is 2.46. The minimum atomic E-state index is -3.02. The predicted octanol–water partition coefficient (Wildman–Crippen LogP) is 4.01. The lowest BCUT2D eigenvalue weighted by Gasteiger charge is -2.36. The van der Waals surface area contributed by atoms with Gasteiger partial charge in [0.2, 0.25) is 0 Å². The molecule has 154 valence electrons. The van der Waals surface area contributed by atoms with E-state index in [4.69, 9.17) is 5.73 Å². The fraction of sp³-hybridized carbons (Fsp3) is 0.400. The molecule has 1 saturated carbocycles. The first-order chi connectivity index (χ1) is 13.8. The van der Waals surface area contributed by atoms with E-state index in [-0.39, 0.29) is 6.42 Å². The molecule has 0 saturated heterocycles. The molecule has 9 heteroatoms. The topological polar surface area (TPSA) is 72.4 Å². The van der Waals surface area contributed by atoms with Crippen LogP contribution in [0.3, 0.4) is 0 Å². The van der Waals surface area contributed by atoms with Crippen LogP contribution in [0.2, 0.25) is 0 Å². The normalized spacial score (nSPS) is 21.4. The Balaban J connectivity index is 1.66. The molecule has 1 fully saturated rings. The minimum absolute atomic E-state index is 0.277. The first-order valence-corrected chi connectivity index (χ1v) is 10.3. The van der Waals surface area contributed by atoms with Gasteiger partial charge in [0.15, 0.2) is 0 Å². The number of pyridine rings is 1. The number of aromatic nitrogens is 2. The lowest BCUT2D eigenvalue weighted by Crippen LogP contribution is -2.59. The first kappa shape index (κ1) is 19.9. The van der Waals surface area contributed by atoms with Crippen molar-refractivity contribution in [3.05, 3.63) is 46.2 Å². The van der Waals surface area contributed by atoms with Gasteiger partial charge in [-0.15, -0.1) is 11.3 Å². The van der Waals surface area contributed by atoms with E-state index in [2.05, 4.69) is 10.4 Å². The van der Waals surface area contributed by atoms with Gasteiger partial charge < -0.3 is 11.1 Å². The molecule has 0 radical (unpaired) electrons. The third-order valence-electron chi connectivity index (χ3n) is 5.34. The number of nitrogens with zero attached hydrogens (tertiary/aromatic N) is 2. The number of alkyl halides is 2. The van der Waals surface area contributed by atoms with Gasteiger partial charge in [-0.1, -0.05) is 6.92 Å². The van der Waals surface area contributed by atoms with Crippen LogP contribution >= 0.6 is 11.3 Å². The Bertz CT molecular complexity index is 1060. The van der Waals surface area contributed by atoms with E-state index in [0.717, 1.165) is 16.0 Å². The van der Waals surface area contributed by atoms with Crippen LogP contribution < -0.4 is 11.1 Å². The van der Waals surface area contributed by atoms with Crippen LogP contribution in [0.1, 0.15) is 40.7 Å². The maximum absolute atomic E-state index is 14.2. The van der Waals surface area contributed by atoms with E-state index in [9.17, 15) is 18.0 Å². The quantitative estimate of drug-likeness (QED) is 0.667. The van der Waals surface area contributed by atoms with E-state index >= 15 is 0 Å². The fourth-order valence-corrected chi connectivity index (χ4v) is 4.85. The molecule has 5 nitrogen and oxygen atoms in total. The molecule has 3 heterocycles. The van der Waals surface area contributed by atoms with E-state index in [1.807, 2.05) is 6.92 Å². The summed E-state index contributed by atoms with van der Waals surface area (Å²) in [6.07, 6.45) is 4.07. The van der Waals surface area contributed by atoms with Crippen molar-refractivity contribution in [1.29, 1.82) is 0 Å². The molecular formula is C20H21F3N4OS. The third-order valence-corrected chi connectivity index (χ3v) is 6.62. The lowest BCUT2D eigenvalue weighted by atomic mass is 9.87. The highest BCUT2D eigenvalue weighted by Crippen LogP contribution is 2.36. The zero-order chi connectivity index (χ0) is 20.8. The number of hydrogen-bond donors (Lipinski definition) is 2.